The van der Waals surface area contributed by atoms with Crippen LogP contribution in [0.4, 0.5) is 0 Å². The second kappa shape index (κ2) is 6.50. The summed E-state index contributed by atoms with van der Waals surface area (Å²) in [6, 6.07) is 6.95. The van der Waals surface area contributed by atoms with E-state index in [4.69, 9.17) is 5.73 Å². The highest BCUT2D eigenvalue weighted by Gasteiger charge is 2.23. The highest BCUT2D eigenvalue weighted by molar-refractivity contribution is 9.10. The highest BCUT2D eigenvalue weighted by Crippen LogP contribution is 2.31. The van der Waals surface area contributed by atoms with Crippen molar-refractivity contribution >= 4 is 38.6 Å². The number of thiophene rings is 2. The number of hydrogen-bond acceptors (Lipinski definition) is 4. The van der Waals surface area contributed by atoms with Crippen LogP contribution in [0.1, 0.15) is 27.6 Å². The molecular weight excluding hydrogens is 340 g/mol. The molecule has 19 heavy (non-hydrogen) atoms. The largest absolute Gasteiger partial charge is 0.326 e. The number of halogens is 1. The summed E-state index contributed by atoms with van der Waals surface area (Å²) < 4.78 is 1.16. The molecule has 2 N–H and O–H groups in total. The zero-order chi connectivity index (χ0) is 14.0. The van der Waals surface area contributed by atoms with E-state index in [1.165, 1.54) is 14.6 Å². The van der Waals surface area contributed by atoms with Gasteiger partial charge >= 0.3 is 0 Å². The fourth-order valence-electron chi connectivity index (χ4n) is 2.27. The van der Waals surface area contributed by atoms with Crippen molar-refractivity contribution in [1.82, 2.24) is 4.90 Å². The molecule has 0 fully saturated rings. The normalized spacial score (nSPS) is 14.8. The first kappa shape index (κ1) is 15.2. The van der Waals surface area contributed by atoms with Crippen molar-refractivity contribution in [2.75, 3.05) is 7.05 Å². The smallest absolute Gasteiger partial charge is 0.0591 e. The Labute approximate surface area is 131 Å². The lowest BCUT2D eigenvalue weighted by atomic mass is 10.1. The van der Waals surface area contributed by atoms with Crippen LogP contribution < -0.4 is 5.73 Å². The minimum atomic E-state index is 0.117. The molecule has 0 bridgehead atoms. The molecule has 2 rings (SSSR count). The lowest BCUT2D eigenvalue weighted by Gasteiger charge is -2.30. The van der Waals surface area contributed by atoms with Crippen molar-refractivity contribution in [3.8, 4) is 0 Å². The van der Waals surface area contributed by atoms with Gasteiger partial charge in [0.1, 0.15) is 0 Å². The summed E-state index contributed by atoms with van der Waals surface area (Å²) in [6.45, 7) is 5.16. The standard InChI is InChI=1S/C14H19BrN2S2/c1-9-4-5-13(19-9)14(10(2)16)17(3)7-12-6-11(15)8-18-12/h4-6,8,10,14H,7,16H2,1-3H3. The van der Waals surface area contributed by atoms with Gasteiger partial charge in [0, 0.05) is 37.1 Å². The van der Waals surface area contributed by atoms with E-state index in [0.29, 0.717) is 0 Å². The molecule has 104 valence electrons. The first-order valence-corrected chi connectivity index (χ1v) is 8.71. The molecule has 0 saturated heterocycles. The maximum atomic E-state index is 6.20. The Kier molecular flexibility index (Phi) is 5.20. The summed E-state index contributed by atoms with van der Waals surface area (Å²) in [5, 5.41) is 2.12. The molecule has 0 amide bonds. The van der Waals surface area contributed by atoms with Gasteiger partial charge < -0.3 is 5.73 Å². The Morgan fingerprint density at radius 3 is 2.63 bits per heavy atom. The Morgan fingerprint density at radius 1 is 1.42 bits per heavy atom. The molecule has 0 aliphatic rings. The molecule has 0 radical (unpaired) electrons. The second-order valence-corrected chi connectivity index (χ2v) is 8.13. The average molecular weight is 359 g/mol. The van der Waals surface area contributed by atoms with Gasteiger partial charge in [-0.3, -0.25) is 4.90 Å². The molecule has 2 heterocycles. The van der Waals surface area contributed by atoms with E-state index in [9.17, 15) is 0 Å². The summed E-state index contributed by atoms with van der Waals surface area (Å²) in [6.07, 6.45) is 0. The van der Waals surface area contributed by atoms with Crippen LogP contribution in [-0.4, -0.2) is 18.0 Å². The number of rotatable bonds is 5. The van der Waals surface area contributed by atoms with E-state index in [0.717, 1.165) is 11.0 Å². The predicted octanol–water partition coefficient (Wildman–Crippen LogP) is 4.40. The van der Waals surface area contributed by atoms with E-state index in [2.05, 4.69) is 65.3 Å². The molecule has 2 unspecified atom stereocenters. The number of aryl methyl sites for hydroxylation is 1. The molecule has 5 heteroatoms. The first-order chi connectivity index (χ1) is 8.97. The fourth-order valence-corrected chi connectivity index (χ4v) is 4.94. The maximum Gasteiger partial charge on any atom is 0.0591 e. The van der Waals surface area contributed by atoms with Crippen LogP contribution in [0.3, 0.4) is 0 Å². The molecule has 2 aromatic heterocycles. The van der Waals surface area contributed by atoms with Gasteiger partial charge in [0.15, 0.2) is 0 Å². The average Bonchev–Trinajstić information content (AvgIpc) is 2.88. The van der Waals surface area contributed by atoms with E-state index in [1.807, 2.05) is 11.3 Å². The van der Waals surface area contributed by atoms with Gasteiger partial charge in [0.05, 0.1) is 6.04 Å². The highest BCUT2D eigenvalue weighted by atomic mass is 79.9. The van der Waals surface area contributed by atoms with Gasteiger partial charge in [-0.2, -0.15) is 0 Å². The van der Waals surface area contributed by atoms with Crippen molar-refractivity contribution in [1.29, 1.82) is 0 Å². The molecule has 0 spiro atoms. The minimum absolute atomic E-state index is 0.117. The molecule has 0 aliphatic carbocycles. The van der Waals surface area contributed by atoms with Crippen molar-refractivity contribution in [2.24, 2.45) is 5.73 Å². The van der Waals surface area contributed by atoms with Crippen LogP contribution in [0.15, 0.2) is 28.1 Å². The Morgan fingerprint density at radius 2 is 2.16 bits per heavy atom. The Balaban J connectivity index is 2.15. The van der Waals surface area contributed by atoms with E-state index in [-0.39, 0.29) is 12.1 Å². The van der Waals surface area contributed by atoms with Gasteiger partial charge in [0.25, 0.3) is 0 Å². The topological polar surface area (TPSA) is 29.3 Å². The zero-order valence-electron chi connectivity index (χ0n) is 11.4. The summed E-state index contributed by atoms with van der Waals surface area (Å²) in [7, 11) is 2.15. The van der Waals surface area contributed by atoms with Crippen LogP contribution in [0.5, 0.6) is 0 Å². The predicted molar refractivity (Wildman–Crippen MR) is 88.9 cm³/mol. The van der Waals surface area contributed by atoms with Crippen LogP contribution in [0, 0.1) is 6.92 Å². The number of hydrogen-bond donors (Lipinski definition) is 1. The Hall–Kier alpha value is -0.200. The lowest BCUT2D eigenvalue weighted by molar-refractivity contribution is 0.216. The van der Waals surface area contributed by atoms with E-state index >= 15 is 0 Å². The fraction of sp³-hybridized carbons (Fsp3) is 0.429. The number of nitrogens with two attached hydrogens (primary N) is 1. The van der Waals surface area contributed by atoms with Crippen LogP contribution in [0.25, 0.3) is 0 Å². The quantitative estimate of drug-likeness (QED) is 0.857. The van der Waals surface area contributed by atoms with Gasteiger partial charge in [-0.25, -0.2) is 0 Å². The van der Waals surface area contributed by atoms with Crippen molar-refractivity contribution in [2.45, 2.75) is 32.5 Å². The summed E-state index contributed by atoms with van der Waals surface area (Å²) in [4.78, 5) is 6.39. The van der Waals surface area contributed by atoms with Crippen LogP contribution in [-0.2, 0) is 6.54 Å². The van der Waals surface area contributed by atoms with Crippen molar-refractivity contribution in [3.63, 3.8) is 0 Å². The van der Waals surface area contributed by atoms with Gasteiger partial charge in [-0.15, -0.1) is 22.7 Å². The SMILES string of the molecule is Cc1ccc(C(C(C)N)N(C)Cc2cc(Br)cs2)s1. The molecule has 0 aliphatic heterocycles. The minimum Gasteiger partial charge on any atom is -0.326 e. The molecule has 2 atom stereocenters. The number of likely N-dealkylation sites (N-methyl/N-ethyl adjacent to an activating group) is 1. The maximum absolute atomic E-state index is 6.20. The zero-order valence-corrected chi connectivity index (χ0v) is 14.6. The third-order valence-corrected chi connectivity index (χ3v) is 5.81. The van der Waals surface area contributed by atoms with Crippen LogP contribution in [0.2, 0.25) is 0 Å². The molecule has 0 aromatic carbocycles. The second-order valence-electron chi connectivity index (χ2n) is 4.90. The van der Waals surface area contributed by atoms with Gasteiger partial charge in [-0.05, 0) is 55.0 Å². The lowest BCUT2D eigenvalue weighted by Crippen LogP contribution is -2.36. The first-order valence-electron chi connectivity index (χ1n) is 6.22. The van der Waals surface area contributed by atoms with Gasteiger partial charge in [0.2, 0.25) is 0 Å². The van der Waals surface area contributed by atoms with Gasteiger partial charge in [-0.1, -0.05) is 0 Å². The summed E-state index contributed by atoms with van der Waals surface area (Å²) in [5.41, 5.74) is 6.20. The third kappa shape index (κ3) is 3.89. The molecule has 2 nitrogen and oxygen atoms in total. The monoisotopic (exact) mass is 358 g/mol. The molecule has 0 saturated carbocycles. The third-order valence-electron chi connectivity index (χ3n) is 3.05. The number of nitrogens with zero attached hydrogens (tertiary/aromatic N) is 1. The molecular formula is C14H19BrN2S2. The van der Waals surface area contributed by atoms with Crippen molar-refractivity contribution in [3.05, 3.63) is 42.7 Å². The van der Waals surface area contributed by atoms with Crippen molar-refractivity contribution < 1.29 is 0 Å². The van der Waals surface area contributed by atoms with E-state index in [1.54, 1.807) is 11.3 Å². The summed E-state index contributed by atoms with van der Waals surface area (Å²) >= 11 is 7.13. The molecule has 2 aromatic rings. The Bertz CT molecular complexity index is 533. The summed E-state index contributed by atoms with van der Waals surface area (Å²) in [5.74, 6) is 0. The van der Waals surface area contributed by atoms with Crippen LogP contribution >= 0.6 is 38.6 Å². The van der Waals surface area contributed by atoms with E-state index < -0.39 is 0 Å².